The molecule has 14 nitrogen and oxygen atoms in total. The molecule has 1 aliphatic carbocycles. The lowest BCUT2D eigenvalue weighted by Crippen LogP contribution is -2.67. The zero-order valence-corrected chi connectivity index (χ0v) is 29.6. The molecule has 0 spiro atoms. The lowest BCUT2D eigenvalue weighted by molar-refractivity contribution is -0.371. The molecule has 7 rings (SSSR count). The van der Waals surface area contributed by atoms with Crippen LogP contribution < -0.4 is 20.9 Å². The van der Waals surface area contributed by atoms with Crippen LogP contribution in [-0.4, -0.2) is 78.6 Å². The molecule has 55 heavy (non-hydrogen) atoms. The number of aliphatic hydroxyl groups is 5. The first-order valence-corrected chi connectivity index (χ1v) is 17.3. The first-order chi connectivity index (χ1) is 26.1. The molecular formula is C41H38N2O12. The van der Waals surface area contributed by atoms with Crippen LogP contribution in [0.5, 0.6) is 17.2 Å². The van der Waals surface area contributed by atoms with Gasteiger partial charge in [-0.1, -0.05) is 60.7 Å². The number of hydrogen-bond acceptors (Lipinski definition) is 14. The average molecular weight is 751 g/mol. The van der Waals surface area contributed by atoms with Crippen molar-refractivity contribution >= 4 is 28.3 Å². The molecular weight excluding hydrogens is 712 g/mol. The maximum Gasteiger partial charge on any atom is 0.308 e. The minimum Gasteiger partial charge on any atom is -0.507 e. The second-order valence-corrected chi connectivity index (χ2v) is 13.7. The molecule has 10 N–H and O–H groups in total. The second-order valence-electron chi connectivity index (χ2n) is 13.7. The Kier molecular flexibility index (Phi) is 9.79. The summed E-state index contributed by atoms with van der Waals surface area (Å²) < 4.78 is 17.2. The summed E-state index contributed by atoms with van der Waals surface area (Å²) in [5, 5.41) is 66.5. The van der Waals surface area contributed by atoms with E-state index in [9.17, 15) is 45.0 Å². The van der Waals surface area contributed by atoms with E-state index in [0.29, 0.717) is 16.7 Å². The average Bonchev–Trinajstić information content (AvgIpc) is 3.15. The van der Waals surface area contributed by atoms with E-state index in [1.165, 1.54) is 19.9 Å². The number of nitrogens with two attached hydrogens (primary N) is 2. The Bertz CT molecular complexity index is 2390. The van der Waals surface area contributed by atoms with Crippen LogP contribution in [-0.2, 0) is 22.6 Å². The highest BCUT2D eigenvalue weighted by atomic mass is 16.7. The van der Waals surface area contributed by atoms with Gasteiger partial charge in [0.05, 0.1) is 24.4 Å². The number of phenols is 1. The summed E-state index contributed by atoms with van der Waals surface area (Å²) in [4.78, 5) is 42.0. The Balaban J connectivity index is 1.46. The highest BCUT2D eigenvalue weighted by molar-refractivity contribution is 6.32. The quantitative estimate of drug-likeness (QED) is 0.0632. The maximum absolute atomic E-state index is 14.9. The van der Waals surface area contributed by atoms with E-state index in [2.05, 4.69) is 0 Å². The smallest absolute Gasteiger partial charge is 0.308 e. The van der Waals surface area contributed by atoms with Gasteiger partial charge in [-0.3, -0.25) is 14.4 Å². The first kappa shape index (κ1) is 37.8. The standard InChI is InChI=1S/C41H38N2O12/c1-18-37(49)41(51,52)38(50)40(53-18)55-28-16-27-32(34(46)26(28)13-20-6-5-9-24(12-20)39(42)43)36(48)31-25(17-44)15-29(54-19(2)45)30(33(31)35(27)47)23-11-10-21-7-3-4-8-22(21)14-23/h3-12,14-16,18,37-40,44,46,49-52H,13,17,42-43H2,1-2H3/t18-,37+,38-,40+/m0/s1. The van der Waals surface area contributed by atoms with Gasteiger partial charge in [0.15, 0.2) is 17.7 Å². The van der Waals surface area contributed by atoms with Crippen LogP contribution in [0.15, 0.2) is 78.9 Å². The number of fused-ring (bicyclic) bond motifs is 3. The molecule has 2 aliphatic rings. The lowest BCUT2D eigenvalue weighted by Gasteiger charge is -2.44. The number of benzene rings is 5. The SMILES string of the molecule is CC(=O)Oc1cc(CO)c2c(c1-c1ccc3ccccc3c1)C(=O)c1cc(O[C@H]3O[C@@H](C)[C@@H](O)C(O)(O)[C@H]3O)c(Cc3cccc(C(N)N)c3)c(O)c1C2=O. The van der Waals surface area contributed by atoms with Crippen molar-refractivity contribution in [3.63, 3.8) is 0 Å². The summed E-state index contributed by atoms with van der Waals surface area (Å²) in [7, 11) is 0. The molecule has 0 amide bonds. The van der Waals surface area contributed by atoms with Crippen molar-refractivity contribution in [3.8, 4) is 28.4 Å². The fraction of sp³-hybridized carbons (Fsp3) is 0.244. The number of aliphatic hydroxyl groups excluding tert-OH is 3. The molecule has 0 aromatic heterocycles. The molecule has 5 aromatic carbocycles. The molecule has 14 heteroatoms. The number of hydrogen-bond donors (Lipinski definition) is 8. The van der Waals surface area contributed by atoms with Crippen LogP contribution in [0, 0.1) is 0 Å². The van der Waals surface area contributed by atoms with E-state index >= 15 is 0 Å². The molecule has 0 radical (unpaired) electrons. The third-order valence-corrected chi connectivity index (χ3v) is 10.0. The third kappa shape index (κ3) is 6.54. The van der Waals surface area contributed by atoms with E-state index in [0.717, 1.165) is 16.8 Å². The highest BCUT2D eigenvalue weighted by Crippen LogP contribution is 2.47. The second kappa shape index (κ2) is 14.3. The molecule has 4 atom stereocenters. The van der Waals surface area contributed by atoms with Gasteiger partial charge in [-0.2, -0.15) is 0 Å². The van der Waals surface area contributed by atoms with E-state index < -0.39 is 72.0 Å². The number of ether oxygens (including phenoxy) is 3. The zero-order chi connectivity index (χ0) is 39.5. The Morgan fingerprint density at radius 2 is 1.58 bits per heavy atom. The van der Waals surface area contributed by atoms with Crippen molar-refractivity contribution in [2.45, 2.75) is 63.4 Å². The summed E-state index contributed by atoms with van der Waals surface area (Å²) in [6, 6.07) is 21.8. The zero-order valence-electron chi connectivity index (χ0n) is 29.6. The Hall–Kier alpha value is -5.55. The van der Waals surface area contributed by atoms with Crippen LogP contribution in [0.4, 0.5) is 0 Å². The topological polar surface area (TPSA) is 252 Å². The summed E-state index contributed by atoms with van der Waals surface area (Å²) in [5.74, 6) is -6.53. The normalized spacial score (nSPS) is 20.3. The van der Waals surface area contributed by atoms with Crippen molar-refractivity contribution in [2.75, 3.05) is 0 Å². The minimum atomic E-state index is -3.09. The monoisotopic (exact) mass is 750 g/mol. The molecule has 1 fully saturated rings. The first-order valence-electron chi connectivity index (χ1n) is 17.3. The van der Waals surface area contributed by atoms with Gasteiger partial charge in [-0.25, -0.2) is 0 Å². The van der Waals surface area contributed by atoms with Gasteiger partial charge in [0.25, 0.3) is 0 Å². The van der Waals surface area contributed by atoms with Crippen LogP contribution in [0.25, 0.3) is 21.9 Å². The van der Waals surface area contributed by atoms with Gasteiger partial charge < -0.3 is 56.3 Å². The van der Waals surface area contributed by atoms with Crippen LogP contribution in [0.2, 0.25) is 0 Å². The Morgan fingerprint density at radius 1 is 0.855 bits per heavy atom. The molecule has 1 heterocycles. The van der Waals surface area contributed by atoms with Crippen LogP contribution in [0.1, 0.15) is 74.1 Å². The van der Waals surface area contributed by atoms with Crippen molar-refractivity contribution in [3.05, 3.63) is 123 Å². The third-order valence-electron chi connectivity index (χ3n) is 10.0. The summed E-state index contributed by atoms with van der Waals surface area (Å²) in [5.41, 5.74) is 12.0. The largest absolute Gasteiger partial charge is 0.507 e. The molecule has 0 unspecified atom stereocenters. The molecule has 0 bridgehead atoms. The van der Waals surface area contributed by atoms with Gasteiger partial charge in [-0.15, -0.1) is 0 Å². The van der Waals surface area contributed by atoms with Crippen molar-refractivity contribution in [1.82, 2.24) is 0 Å². The van der Waals surface area contributed by atoms with E-state index in [4.69, 9.17) is 25.7 Å². The number of esters is 1. The Labute approximate surface area is 313 Å². The molecule has 5 aromatic rings. The molecule has 1 saturated heterocycles. The summed E-state index contributed by atoms with van der Waals surface area (Å²) >= 11 is 0. The number of rotatable bonds is 8. The minimum absolute atomic E-state index is 0.0424. The highest BCUT2D eigenvalue weighted by Gasteiger charge is 2.54. The number of phenolic OH excluding ortho intramolecular Hbond substituents is 1. The number of aromatic hydroxyl groups is 1. The van der Waals surface area contributed by atoms with Gasteiger partial charge in [0, 0.05) is 41.2 Å². The molecule has 284 valence electrons. The summed E-state index contributed by atoms with van der Waals surface area (Å²) in [6.45, 7) is 1.74. The predicted octanol–water partition coefficient (Wildman–Crippen LogP) is 2.44. The Morgan fingerprint density at radius 3 is 2.27 bits per heavy atom. The fourth-order valence-electron chi connectivity index (χ4n) is 7.23. The lowest BCUT2D eigenvalue weighted by atomic mass is 9.76. The van der Waals surface area contributed by atoms with Crippen LogP contribution >= 0.6 is 0 Å². The number of carbonyl (C=O) groups excluding carboxylic acids is 3. The van der Waals surface area contributed by atoms with Gasteiger partial charge in [0.1, 0.15) is 23.4 Å². The predicted molar refractivity (Wildman–Crippen MR) is 196 cm³/mol. The van der Waals surface area contributed by atoms with Crippen molar-refractivity contribution < 1.29 is 59.2 Å². The molecule has 0 saturated carbocycles. The van der Waals surface area contributed by atoms with Gasteiger partial charge in [0.2, 0.25) is 12.1 Å². The van der Waals surface area contributed by atoms with Crippen molar-refractivity contribution in [1.29, 1.82) is 0 Å². The fourth-order valence-corrected chi connectivity index (χ4v) is 7.23. The van der Waals surface area contributed by atoms with Crippen molar-refractivity contribution in [2.24, 2.45) is 11.5 Å². The molecule has 1 aliphatic heterocycles. The van der Waals surface area contributed by atoms with Gasteiger partial charge >= 0.3 is 5.97 Å². The summed E-state index contributed by atoms with van der Waals surface area (Å²) in [6.07, 6.45) is -8.32. The number of carbonyl (C=O) groups is 3. The number of ketones is 2. The van der Waals surface area contributed by atoms with E-state index in [-0.39, 0.29) is 51.3 Å². The van der Waals surface area contributed by atoms with Crippen LogP contribution in [0.3, 0.4) is 0 Å². The van der Waals surface area contributed by atoms with E-state index in [1.54, 1.807) is 42.5 Å². The van der Waals surface area contributed by atoms with E-state index in [1.807, 2.05) is 24.3 Å². The maximum atomic E-state index is 14.9. The van der Waals surface area contributed by atoms with Gasteiger partial charge in [-0.05, 0) is 58.1 Å².